The smallest absolute Gasteiger partial charge is 0.260 e. The third-order valence-electron chi connectivity index (χ3n) is 4.68. The lowest BCUT2D eigenvalue weighted by Crippen LogP contribution is -2.50. The van der Waals surface area contributed by atoms with Gasteiger partial charge in [0.1, 0.15) is 11.5 Å². The summed E-state index contributed by atoms with van der Waals surface area (Å²) in [4.78, 5) is 28.1. The van der Waals surface area contributed by atoms with Gasteiger partial charge in [0.05, 0.1) is 19.5 Å². The van der Waals surface area contributed by atoms with Gasteiger partial charge in [-0.1, -0.05) is 23.1 Å². The van der Waals surface area contributed by atoms with Crippen LogP contribution in [0.5, 0.6) is 11.5 Å². The van der Waals surface area contributed by atoms with Crippen molar-refractivity contribution in [1.29, 1.82) is 0 Å². The van der Waals surface area contributed by atoms with E-state index in [1.165, 1.54) is 23.1 Å². The van der Waals surface area contributed by atoms with Crippen LogP contribution in [0.15, 0.2) is 28.6 Å². The van der Waals surface area contributed by atoms with Crippen molar-refractivity contribution < 1.29 is 23.8 Å². The van der Waals surface area contributed by atoms with E-state index >= 15 is 0 Å². The maximum atomic E-state index is 12.5. The Bertz CT molecular complexity index is 872. The number of methoxy groups -OCH3 is 2. The lowest BCUT2D eigenvalue weighted by atomic mass is 10.3. The van der Waals surface area contributed by atoms with E-state index in [0.717, 1.165) is 15.2 Å². The summed E-state index contributed by atoms with van der Waals surface area (Å²) in [6.07, 6.45) is 0. The van der Waals surface area contributed by atoms with E-state index in [0.29, 0.717) is 45.1 Å². The van der Waals surface area contributed by atoms with Gasteiger partial charge >= 0.3 is 0 Å². The van der Waals surface area contributed by atoms with Crippen molar-refractivity contribution in [2.45, 2.75) is 4.34 Å². The van der Waals surface area contributed by atoms with Crippen LogP contribution in [0.2, 0.25) is 0 Å². The topological polar surface area (TPSA) is 106 Å². The molecule has 3 rings (SSSR count). The summed E-state index contributed by atoms with van der Waals surface area (Å²) in [7, 11) is 3.19. The number of hydrogen-bond donors (Lipinski definition) is 1. The Labute approximate surface area is 195 Å². The quantitative estimate of drug-likeness (QED) is 0.373. The molecule has 0 atom stereocenters. The molecule has 0 spiro atoms. The van der Waals surface area contributed by atoms with Gasteiger partial charge in [-0.15, -0.1) is 10.2 Å². The Morgan fingerprint density at radius 2 is 1.81 bits per heavy atom. The molecule has 1 N–H and O–H groups in total. The van der Waals surface area contributed by atoms with Crippen LogP contribution >= 0.6 is 23.1 Å². The zero-order valence-corrected chi connectivity index (χ0v) is 19.7. The van der Waals surface area contributed by atoms with Crippen LogP contribution in [0.1, 0.15) is 0 Å². The van der Waals surface area contributed by atoms with Gasteiger partial charge < -0.3 is 29.3 Å². The molecule has 1 aliphatic heterocycles. The number of rotatable bonds is 11. The highest BCUT2D eigenvalue weighted by Crippen LogP contribution is 2.28. The second kappa shape index (κ2) is 12.5. The summed E-state index contributed by atoms with van der Waals surface area (Å²) in [5, 5.41) is 12.0. The van der Waals surface area contributed by atoms with Crippen LogP contribution in [-0.4, -0.2) is 92.8 Å². The Hall–Kier alpha value is -2.57. The Morgan fingerprint density at radius 3 is 2.50 bits per heavy atom. The highest BCUT2D eigenvalue weighted by Gasteiger charge is 2.23. The molecule has 32 heavy (non-hydrogen) atoms. The van der Waals surface area contributed by atoms with E-state index in [1.807, 2.05) is 0 Å². The van der Waals surface area contributed by atoms with Crippen LogP contribution in [0.25, 0.3) is 0 Å². The summed E-state index contributed by atoms with van der Waals surface area (Å²) in [6.45, 7) is 3.50. The van der Waals surface area contributed by atoms with E-state index in [4.69, 9.17) is 14.2 Å². The van der Waals surface area contributed by atoms with Crippen molar-refractivity contribution in [3.8, 4) is 11.5 Å². The maximum Gasteiger partial charge on any atom is 0.260 e. The number of benzene rings is 1. The number of carbonyl (C=O) groups excluding carboxylic acids is 2. The fourth-order valence-electron chi connectivity index (χ4n) is 2.91. The predicted octanol–water partition coefficient (Wildman–Crippen LogP) is 1.13. The number of carbonyl (C=O) groups is 2. The molecule has 0 radical (unpaired) electrons. The van der Waals surface area contributed by atoms with Crippen LogP contribution in [-0.2, 0) is 14.3 Å². The van der Waals surface area contributed by atoms with Crippen molar-refractivity contribution in [1.82, 2.24) is 20.4 Å². The second-order valence-electron chi connectivity index (χ2n) is 6.81. The second-order valence-corrected chi connectivity index (χ2v) is 8.99. The van der Waals surface area contributed by atoms with Crippen molar-refractivity contribution in [3.05, 3.63) is 24.3 Å². The molecule has 0 saturated carbocycles. The summed E-state index contributed by atoms with van der Waals surface area (Å²) in [5.74, 6) is 1.54. The molecule has 1 aromatic heterocycles. The molecule has 0 unspecified atom stereocenters. The van der Waals surface area contributed by atoms with Gasteiger partial charge in [0.2, 0.25) is 11.0 Å². The first kappa shape index (κ1) is 24.1. The lowest BCUT2D eigenvalue weighted by Gasteiger charge is -2.34. The van der Waals surface area contributed by atoms with Gasteiger partial charge in [0.25, 0.3) is 5.91 Å². The molecule has 174 valence electrons. The fourth-order valence-corrected chi connectivity index (χ4v) is 4.64. The summed E-state index contributed by atoms with van der Waals surface area (Å²) in [6, 6.07) is 7.14. The number of piperazine rings is 1. The molecule has 2 heterocycles. The Balaban J connectivity index is 1.38. The molecular weight excluding hydrogens is 454 g/mol. The van der Waals surface area contributed by atoms with Crippen LogP contribution < -0.4 is 19.7 Å². The van der Waals surface area contributed by atoms with E-state index in [9.17, 15) is 9.59 Å². The summed E-state index contributed by atoms with van der Waals surface area (Å²) < 4.78 is 16.4. The number of anilines is 1. The number of hydrogen-bond acceptors (Lipinski definition) is 10. The minimum atomic E-state index is -0.0622. The van der Waals surface area contributed by atoms with Crippen molar-refractivity contribution in [2.75, 3.05) is 70.8 Å². The minimum Gasteiger partial charge on any atom is -0.497 e. The predicted molar refractivity (Wildman–Crippen MR) is 123 cm³/mol. The van der Waals surface area contributed by atoms with E-state index in [2.05, 4.69) is 20.4 Å². The van der Waals surface area contributed by atoms with Crippen molar-refractivity contribution in [3.63, 3.8) is 0 Å². The highest BCUT2D eigenvalue weighted by molar-refractivity contribution is 8.01. The van der Waals surface area contributed by atoms with E-state index < -0.39 is 0 Å². The van der Waals surface area contributed by atoms with Gasteiger partial charge in [0, 0.05) is 39.8 Å². The minimum absolute atomic E-state index is 0.00162. The van der Waals surface area contributed by atoms with E-state index in [1.54, 1.807) is 43.4 Å². The monoisotopic (exact) mass is 481 g/mol. The largest absolute Gasteiger partial charge is 0.497 e. The molecule has 12 heteroatoms. The Kier molecular flexibility index (Phi) is 9.38. The SMILES string of the molecule is COCCNC(=O)CSc1nnc(N2CCN(C(=O)COc3ccc(OC)cc3)CC2)s1. The van der Waals surface area contributed by atoms with Crippen LogP contribution in [0, 0.1) is 0 Å². The first-order chi connectivity index (χ1) is 15.6. The zero-order valence-electron chi connectivity index (χ0n) is 18.1. The third-order valence-corrected chi connectivity index (χ3v) is 6.79. The Morgan fingerprint density at radius 1 is 1.09 bits per heavy atom. The molecular formula is C20H27N5O5S2. The molecule has 2 aromatic rings. The third kappa shape index (κ3) is 7.24. The molecule has 2 amide bonds. The molecule has 0 bridgehead atoms. The summed E-state index contributed by atoms with van der Waals surface area (Å²) in [5.41, 5.74) is 0. The average Bonchev–Trinajstić information content (AvgIpc) is 3.31. The number of ether oxygens (including phenoxy) is 3. The van der Waals surface area contributed by atoms with E-state index in [-0.39, 0.29) is 24.2 Å². The van der Waals surface area contributed by atoms with Crippen LogP contribution in [0.4, 0.5) is 5.13 Å². The number of nitrogens with one attached hydrogen (secondary N) is 1. The first-order valence-corrected chi connectivity index (χ1v) is 11.9. The number of aromatic nitrogens is 2. The van der Waals surface area contributed by atoms with Crippen molar-refractivity contribution >= 4 is 40.0 Å². The lowest BCUT2D eigenvalue weighted by molar-refractivity contribution is -0.133. The molecule has 10 nitrogen and oxygen atoms in total. The standard InChI is InChI=1S/C20H27N5O5S2/c1-28-12-7-21-17(26)14-31-20-23-22-19(32-20)25-10-8-24(9-11-25)18(27)13-30-16-5-3-15(29-2)4-6-16/h3-6H,7-14H2,1-2H3,(H,21,26). The summed E-state index contributed by atoms with van der Waals surface area (Å²) >= 11 is 2.81. The fraction of sp³-hybridized carbons (Fsp3) is 0.500. The first-order valence-electron chi connectivity index (χ1n) is 10.1. The van der Waals surface area contributed by atoms with Gasteiger partial charge in [-0.3, -0.25) is 9.59 Å². The van der Waals surface area contributed by atoms with Gasteiger partial charge in [-0.25, -0.2) is 0 Å². The highest BCUT2D eigenvalue weighted by atomic mass is 32.2. The van der Waals surface area contributed by atoms with Crippen molar-refractivity contribution in [2.24, 2.45) is 0 Å². The molecule has 0 aliphatic carbocycles. The molecule has 1 saturated heterocycles. The van der Waals surface area contributed by atoms with Gasteiger partial charge in [-0.2, -0.15) is 0 Å². The molecule has 1 aliphatic rings. The van der Waals surface area contributed by atoms with Gasteiger partial charge in [-0.05, 0) is 24.3 Å². The number of amides is 2. The molecule has 1 fully saturated rings. The number of thioether (sulfide) groups is 1. The van der Waals surface area contributed by atoms with Gasteiger partial charge in [0.15, 0.2) is 10.9 Å². The average molecular weight is 482 g/mol. The number of nitrogens with zero attached hydrogens (tertiary/aromatic N) is 4. The van der Waals surface area contributed by atoms with Crippen LogP contribution in [0.3, 0.4) is 0 Å². The zero-order chi connectivity index (χ0) is 22.8. The maximum absolute atomic E-state index is 12.5. The normalized spacial score (nSPS) is 13.7. The molecule has 1 aromatic carbocycles.